The summed E-state index contributed by atoms with van der Waals surface area (Å²) in [5.41, 5.74) is 0.881. The van der Waals surface area contributed by atoms with Crippen molar-refractivity contribution in [3.05, 3.63) is 17.6 Å². The first-order chi connectivity index (χ1) is 9.65. The van der Waals surface area contributed by atoms with Gasteiger partial charge in [0.25, 0.3) is 0 Å². The van der Waals surface area contributed by atoms with Gasteiger partial charge < -0.3 is 20.7 Å². The fraction of sp³-hybridized carbons (Fsp3) is 0.615. The zero-order valence-electron chi connectivity index (χ0n) is 11.9. The van der Waals surface area contributed by atoms with E-state index in [9.17, 15) is 4.79 Å². The SMILES string of the molecule is CC(=O)NCCNc1cc([C@H]2CNCCO2)nc(C)n1. The predicted octanol–water partition coefficient (Wildman–Crippen LogP) is -0.00608. The largest absolute Gasteiger partial charge is 0.369 e. The second-order valence-corrected chi connectivity index (χ2v) is 4.70. The highest BCUT2D eigenvalue weighted by atomic mass is 16.5. The van der Waals surface area contributed by atoms with Gasteiger partial charge in [0, 0.05) is 39.2 Å². The molecule has 1 saturated heterocycles. The fourth-order valence-electron chi connectivity index (χ4n) is 2.03. The number of hydrogen-bond donors (Lipinski definition) is 3. The maximum atomic E-state index is 10.8. The molecule has 1 atom stereocenters. The van der Waals surface area contributed by atoms with Crippen LogP contribution in [0.3, 0.4) is 0 Å². The normalized spacial score (nSPS) is 18.6. The summed E-state index contributed by atoms with van der Waals surface area (Å²) in [4.78, 5) is 19.5. The molecule has 1 aromatic rings. The average Bonchev–Trinajstić information content (AvgIpc) is 2.44. The van der Waals surface area contributed by atoms with Crippen molar-refractivity contribution in [2.75, 3.05) is 38.1 Å². The molecule has 110 valence electrons. The van der Waals surface area contributed by atoms with Crippen LogP contribution in [0.1, 0.15) is 24.5 Å². The van der Waals surface area contributed by atoms with Gasteiger partial charge in [-0.1, -0.05) is 0 Å². The summed E-state index contributed by atoms with van der Waals surface area (Å²) in [5, 5.41) is 9.19. The Hall–Kier alpha value is -1.73. The number of anilines is 1. The summed E-state index contributed by atoms with van der Waals surface area (Å²) in [6, 6.07) is 1.90. The Bertz CT molecular complexity index is 460. The number of aromatic nitrogens is 2. The Balaban J connectivity index is 1.95. The minimum absolute atomic E-state index is 0.0265. The monoisotopic (exact) mass is 279 g/mol. The third-order valence-corrected chi connectivity index (χ3v) is 2.92. The lowest BCUT2D eigenvalue weighted by molar-refractivity contribution is -0.118. The molecular weight excluding hydrogens is 258 g/mol. The maximum Gasteiger partial charge on any atom is 0.216 e. The molecule has 0 spiro atoms. The number of hydrogen-bond acceptors (Lipinski definition) is 6. The lowest BCUT2D eigenvalue weighted by Gasteiger charge is -2.23. The van der Waals surface area contributed by atoms with Crippen molar-refractivity contribution >= 4 is 11.7 Å². The fourth-order valence-corrected chi connectivity index (χ4v) is 2.03. The van der Waals surface area contributed by atoms with Crippen LogP contribution >= 0.6 is 0 Å². The number of morpholine rings is 1. The molecule has 1 fully saturated rings. The summed E-state index contributed by atoms with van der Waals surface area (Å²) in [6.45, 7) is 6.89. The standard InChI is InChI=1S/C13H21N5O2/c1-9-17-11(12-8-14-5-6-20-12)7-13(18-9)16-4-3-15-10(2)19/h7,12,14H,3-6,8H2,1-2H3,(H,15,19)(H,16,17,18)/t12-/m1/s1. The first-order valence-electron chi connectivity index (χ1n) is 6.81. The van der Waals surface area contributed by atoms with Crippen LogP contribution in [0.25, 0.3) is 0 Å². The number of amides is 1. The van der Waals surface area contributed by atoms with Gasteiger partial charge in [-0.15, -0.1) is 0 Å². The van der Waals surface area contributed by atoms with Crippen molar-refractivity contribution in [3.8, 4) is 0 Å². The molecule has 2 rings (SSSR count). The first kappa shape index (κ1) is 14.7. The van der Waals surface area contributed by atoms with Gasteiger partial charge in [0.2, 0.25) is 5.91 Å². The van der Waals surface area contributed by atoms with Gasteiger partial charge in [0.15, 0.2) is 0 Å². The van der Waals surface area contributed by atoms with E-state index in [1.54, 1.807) is 0 Å². The lowest BCUT2D eigenvalue weighted by atomic mass is 10.2. The van der Waals surface area contributed by atoms with Crippen LogP contribution in [0, 0.1) is 6.92 Å². The Kier molecular flexibility index (Phi) is 5.25. The lowest BCUT2D eigenvalue weighted by Crippen LogP contribution is -2.34. The topological polar surface area (TPSA) is 88.2 Å². The quantitative estimate of drug-likeness (QED) is 0.657. The summed E-state index contributed by atoms with van der Waals surface area (Å²) < 4.78 is 5.69. The van der Waals surface area contributed by atoms with E-state index in [1.165, 1.54) is 6.92 Å². The van der Waals surface area contributed by atoms with Gasteiger partial charge in [-0.2, -0.15) is 0 Å². The maximum absolute atomic E-state index is 10.8. The molecule has 0 radical (unpaired) electrons. The van der Waals surface area contributed by atoms with E-state index in [1.807, 2.05) is 13.0 Å². The van der Waals surface area contributed by atoms with Crippen LogP contribution in [0.4, 0.5) is 5.82 Å². The van der Waals surface area contributed by atoms with Crippen molar-refractivity contribution < 1.29 is 9.53 Å². The van der Waals surface area contributed by atoms with Crippen LogP contribution in [-0.4, -0.2) is 48.7 Å². The highest BCUT2D eigenvalue weighted by Crippen LogP contribution is 2.19. The van der Waals surface area contributed by atoms with E-state index < -0.39 is 0 Å². The molecule has 0 aliphatic carbocycles. The van der Waals surface area contributed by atoms with Crippen LogP contribution in [-0.2, 0) is 9.53 Å². The van der Waals surface area contributed by atoms with Crippen molar-refractivity contribution in [3.63, 3.8) is 0 Å². The summed E-state index contributed by atoms with van der Waals surface area (Å²) in [5.74, 6) is 1.43. The molecule has 0 unspecified atom stereocenters. The zero-order chi connectivity index (χ0) is 14.4. The number of aryl methyl sites for hydroxylation is 1. The molecule has 3 N–H and O–H groups in total. The van der Waals surface area contributed by atoms with Crippen LogP contribution < -0.4 is 16.0 Å². The Labute approximate surface area is 118 Å². The summed E-state index contributed by atoms with van der Waals surface area (Å²) in [6.07, 6.45) is -0.0265. The van der Waals surface area contributed by atoms with Gasteiger partial charge in [-0.05, 0) is 6.92 Å². The van der Waals surface area contributed by atoms with Gasteiger partial charge in [-0.3, -0.25) is 4.79 Å². The molecule has 20 heavy (non-hydrogen) atoms. The number of carbonyl (C=O) groups excluding carboxylic acids is 1. The molecule has 7 nitrogen and oxygen atoms in total. The third kappa shape index (κ3) is 4.43. The van der Waals surface area contributed by atoms with Crippen molar-refractivity contribution in [1.82, 2.24) is 20.6 Å². The molecule has 1 aliphatic rings. The average molecular weight is 279 g/mol. The van der Waals surface area contributed by atoms with Crippen LogP contribution in [0.5, 0.6) is 0 Å². The number of carbonyl (C=O) groups is 1. The smallest absolute Gasteiger partial charge is 0.216 e. The highest BCUT2D eigenvalue weighted by Gasteiger charge is 2.18. The number of rotatable bonds is 5. The number of nitrogens with zero attached hydrogens (tertiary/aromatic N) is 2. The van der Waals surface area contributed by atoms with Gasteiger partial charge in [0.05, 0.1) is 12.3 Å². The summed E-state index contributed by atoms with van der Waals surface area (Å²) in [7, 11) is 0. The van der Waals surface area contributed by atoms with Gasteiger partial charge in [-0.25, -0.2) is 9.97 Å². The molecule has 1 aliphatic heterocycles. The van der Waals surface area contributed by atoms with Crippen LogP contribution in [0.15, 0.2) is 6.07 Å². The van der Waals surface area contributed by atoms with Crippen LogP contribution in [0.2, 0.25) is 0 Å². The van der Waals surface area contributed by atoms with E-state index >= 15 is 0 Å². The summed E-state index contributed by atoms with van der Waals surface area (Å²) >= 11 is 0. The van der Waals surface area contributed by atoms with Crippen molar-refractivity contribution in [2.45, 2.75) is 20.0 Å². The third-order valence-electron chi connectivity index (χ3n) is 2.92. The van der Waals surface area contributed by atoms with E-state index in [4.69, 9.17) is 4.74 Å². The molecule has 1 amide bonds. The van der Waals surface area contributed by atoms with E-state index in [2.05, 4.69) is 25.9 Å². The Morgan fingerprint density at radius 2 is 2.35 bits per heavy atom. The van der Waals surface area contributed by atoms with E-state index in [-0.39, 0.29) is 12.0 Å². The molecule has 7 heteroatoms. The highest BCUT2D eigenvalue weighted by molar-refractivity contribution is 5.72. The second-order valence-electron chi connectivity index (χ2n) is 4.70. The molecule has 1 aromatic heterocycles. The molecular formula is C13H21N5O2. The minimum Gasteiger partial charge on any atom is -0.369 e. The number of nitrogens with one attached hydrogen (secondary N) is 3. The van der Waals surface area contributed by atoms with Gasteiger partial charge in [0.1, 0.15) is 17.7 Å². The molecule has 2 heterocycles. The Morgan fingerprint density at radius 1 is 1.50 bits per heavy atom. The van der Waals surface area contributed by atoms with Crippen molar-refractivity contribution in [2.24, 2.45) is 0 Å². The van der Waals surface area contributed by atoms with Crippen molar-refractivity contribution in [1.29, 1.82) is 0 Å². The van der Waals surface area contributed by atoms with Gasteiger partial charge >= 0.3 is 0 Å². The number of ether oxygens (including phenoxy) is 1. The molecule has 0 bridgehead atoms. The van der Waals surface area contributed by atoms with E-state index in [0.717, 1.165) is 24.6 Å². The minimum atomic E-state index is -0.0342. The first-order valence-corrected chi connectivity index (χ1v) is 6.81. The van der Waals surface area contributed by atoms with E-state index in [0.29, 0.717) is 25.5 Å². The molecule has 0 saturated carbocycles. The zero-order valence-corrected chi connectivity index (χ0v) is 11.9. The predicted molar refractivity (Wildman–Crippen MR) is 75.5 cm³/mol. The molecule has 0 aromatic carbocycles. The Morgan fingerprint density at radius 3 is 3.05 bits per heavy atom. The second kappa shape index (κ2) is 7.16.